The molecule has 2 heterocycles. The highest BCUT2D eigenvalue weighted by atomic mass is 35.5. The second-order valence-electron chi connectivity index (χ2n) is 5.90. The highest BCUT2D eigenvalue weighted by Gasteiger charge is 2.32. The third-order valence-corrected chi connectivity index (χ3v) is 4.73. The van der Waals surface area contributed by atoms with Crippen molar-refractivity contribution in [2.45, 2.75) is 19.4 Å². The van der Waals surface area contributed by atoms with Gasteiger partial charge in [-0.2, -0.15) is 0 Å². The standard InChI is InChI=1S/C17H16Cl2N2O5/c1-9-14(16(20-26-9)15-11(18)3-2-4-12(15)19)17(24)21-5-6-25-10(8-21)7-13(22)23/h2-4,10H,5-8H2,1H3,(H,22,23). The lowest BCUT2D eigenvalue weighted by Crippen LogP contribution is -2.46. The largest absolute Gasteiger partial charge is 0.481 e. The number of aliphatic carboxylic acids is 1. The van der Waals surface area contributed by atoms with E-state index in [4.69, 9.17) is 37.6 Å². The molecule has 1 N–H and O–H groups in total. The number of hydrogen-bond donors (Lipinski definition) is 1. The first kappa shape index (κ1) is 18.7. The molecule has 1 aromatic carbocycles. The van der Waals surface area contributed by atoms with E-state index in [1.165, 1.54) is 4.90 Å². The van der Waals surface area contributed by atoms with Crippen molar-refractivity contribution in [3.63, 3.8) is 0 Å². The predicted molar refractivity (Wildman–Crippen MR) is 94.6 cm³/mol. The van der Waals surface area contributed by atoms with E-state index in [-0.39, 0.29) is 36.7 Å². The quantitative estimate of drug-likeness (QED) is 0.849. The first-order valence-electron chi connectivity index (χ1n) is 7.91. The van der Waals surface area contributed by atoms with Gasteiger partial charge in [-0.25, -0.2) is 0 Å². The number of carbonyl (C=O) groups is 2. The van der Waals surface area contributed by atoms with E-state index in [1.807, 2.05) is 0 Å². The van der Waals surface area contributed by atoms with Crippen LogP contribution in [0.25, 0.3) is 11.3 Å². The Morgan fingerprint density at radius 2 is 2.04 bits per heavy atom. The van der Waals surface area contributed by atoms with Crippen molar-refractivity contribution in [3.8, 4) is 11.3 Å². The molecule has 1 amide bonds. The summed E-state index contributed by atoms with van der Waals surface area (Å²) in [4.78, 5) is 25.5. The van der Waals surface area contributed by atoms with Gasteiger partial charge in [0.2, 0.25) is 0 Å². The molecule has 1 aliphatic rings. The zero-order valence-corrected chi connectivity index (χ0v) is 15.4. The summed E-state index contributed by atoms with van der Waals surface area (Å²) in [6, 6.07) is 5.00. The zero-order valence-electron chi connectivity index (χ0n) is 13.9. The summed E-state index contributed by atoms with van der Waals surface area (Å²) in [6.45, 7) is 2.40. The van der Waals surface area contributed by atoms with Crippen molar-refractivity contribution in [1.29, 1.82) is 0 Å². The number of carboxylic acid groups (broad SMARTS) is 1. The lowest BCUT2D eigenvalue weighted by atomic mass is 10.0. The Labute approximate surface area is 159 Å². The minimum atomic E-state index is -0.978. The lowest BCUT2D eigenvalue weighted by Gasteiger charge is -2.32. The minimum absolute atomic E-state index is 0.171. The first-order chi connectivity index (χ1) is 12.4. The molecule has 7 nitrogen and oxygen atoms in total. The van der Waals surface area contributed by atoms with Crippen LogP contribution < -0.4 is 0 Å². The van der Waals surface area contributed by atoms with Crippen LogP contribution in [0.5, 0.6) is 0 Å². The second-order valence-corrected chi connectivity index (χ2v) is 6.72. The normalized spacial score (nSPS) is 17.3. The molecule has 9 heteroatoms. The number of carbonyl (C=O) groups excluding carboxylic acids is 1. The Morgan fingerprint density at radius 3 is 2.69 bits per heavy atom. The van der Waals surface area contributed by atoms with Crippen LogP contribution in [0.1, 0.15) is 22.5 Å². The summed E-state index contributed by atoms with van der Waals surface area (Å²) in [7, 11) is 0. The van der Waals surface area contributed by atoms with E-state index in [0.717, 1.165) is 0 Å². The van der Waals surface area contributed by atoms with E-state index >= 15 is 0 Å². The van der Waals surface area contributed by atoms with Crippen LogP contribution in [0.2, 0.25) is 10.0 Å². The number of morpholine rings is 1. The van der Waals surface area contributed by atoms with Crippen LogP contribution in [-0.4, -0.2) is 52.8 Å². The van der Waals surface area contributed by atoms with Gasteiger partial charge in [-0.05, 0) is 19.1 Å². The molecule has 0 radical (unpaired) electrons. The minimum Gasteiger partial charge on any atom is -0.481 e. The highest BCUT2D eigenvalue weighted by molar-refractivity contribution is 6.39. The lowest BCUT2D eigenvalue weighted by molar-refractivity contribution is -0.141. The molecule has 26 heavy (non-hydrogen) atoms. The van der Waals surface area contributed by atoms with Crippen LogP contribution in [0.15, 0.2) is 22.7 Å². The second kappa shape index (κ2) is 7.65. The molecule has 3 rings (SSSR count). The van der Waals surface area contributed by atoms with Crippen LogP contribution >= 0.6 is 23.2 Å². The maximum Gasteiger partial charge on any atom is 0.306 e. The average Bonchev–Trinajstić information content (AvgIpc) is 2.95. The number of halogens is 2. The third-order valence-electron chi connectivity index (χ3n) is 4.10. The Bertz CT molecular complexity index is 831. The third kappa shape index (κ3) is 3.70. The molecule has 0 bridgehead atoms. The maximum absolute atomic E-state index is 13.1. The Hall–Kier alpha value is -2.09. The predicted octanol–water partition coefficient (Wildman–Crippen LogP) is 3.27. The van der Waals surface area contributed by atoms with Crippen molar-refractivity contribution in [2.24, 2.45) is 0 Å². The van der Waals surface area contributed by atoms with Gasteiger partial charge in [0.25, 0.3) is 5.91 Å². The van der Waals surface area contributed by atoms with Gasteiger partial charge in [-0.15, -0.1) is 0 Å². The van der Waals surface area contributed by atoms with Gasteiger partial charge in [-0.1, -0.05) is 34.4 Å². The van der Waals surface area contributed by atoms with Crippen molar-refractivity contribution >= 4 is 35.1 Å². The van der Waals surface area contributed by atoms with Gasteiger partial charge in [0.1, 0.15) is 17.0 Å². The molecule has 0 spiro atoms. The number of benzene rings is 1. The molecule has 1 fully saturated rings. The smallest absolute Gasteiger partial charge is 0.306 e. The fraction of sp³-hybridized carbons (Fsp3) is 0.353. The Balaban J connectivity index is 1.94. The summed E-state index contributed by atoms with van der Waals surface area (Å²) >= 11 is 12.5. The molecule has 0 saturated carbocycles. The summed E-state index contributed by atoms with van der Waals surface area (Å²) in [6.07, 6.45) is -0.729. The molecule has 1 unspecified atom stereocenters. The molecular weight excluding hydrogens is 383 g/mol. The van der Waals surface area contributed by atoms with Gasteiger partial charge >= 0.3 is 5.97 Å². The summed E-state index contributed by atoms with van der Waals surface area (Å²) in [5.41, 5.74) is 0.951. The molecule has 1 aliphatic heterocycles. The number of hydrogen-bond acceptors (Lipinski definition) is 5. The van der Waals surface area contributed by atoms with Gasteiger partial charge in [-0.3, -0.25) is 9.59 Å². The van der Waals surface area contributed by atoms with Crippen LogP contribution in [0.4, 0.5) is 0 Å². The fourth-order valence-electron chi connectivity index (χ4n) is 2.90. The van der Waals surface area contributed by atoms with E-state index in [9.17, 15) is 9.59 Å². The van der Waals surface area contributed by atoms with E-state index in [2.05, 4.69) is 5.16 Å². The number of rotatable bonds is 4. The van der Waals surface area contributed by atoms with Crippen LogP contribution in [-0.2, 0) is 9.53 Å². The van der Waals surface area contributed by atoms with Crippen molar-refractivity contribution in [1.82, 2.24) is 10.1 Å². The first-order valence-corrected chi connectivity index (χ1v) is 8.67. The monoisotopic (exact) mass is 398 g/mol. The number of amides is 1. The van der Waals surface area contributed by atoms with Gasteiger partial charge < -0.3 is 19.3 Å². The molecule has 1 aromatic heterocycles. The number of carboxylic acids is 1. The molecule has 1 saturated heterocycles. The topological polar surface area (TPSA) is 92.9 Å². The number of ether oxygens (including phenoxy) is 1. The number of aromatic nitrogens is 1. The Morgan fingerprint density at radius 1 is 1.35 bits per heavy atom. The zero-order chi connectivity index (χ0) is 18.8. The molecule has 0 aliphatic carbocycles. The fourth-order valence-corrected chi connectivity index (χ4v) is 3.48. The van der Waals surface area contributed by atoms with Gasteiger partial charge in [0.05, 0.1) is 29.2 Å². The van der Waals surface area contributed by atoms with Gasteiger partial charge in [0.15, 0.2) is 0 Å². The molecule has 138 valence electrons. The van der Waals surface area contributed by atoms with Crippen LogP contribution in [0, 0.1) is 6.92 Å². The summed E-state index contributed by atoms with van der Waals surface area (Å²) in [5.74, 6) is -0.968. The molecular formula is C17H16Cl2N2O5. The van der Waals surface area contributed by atoms with Crippen molar-refractivity contribution in [3.05, 3.63) is 39.6 Å². The van der Waals surface area contributed by atoms with Gasteiger partial charge in [0, 0.05) is 18.7 Å². The van der Waals surface area contributed by atoms with Crippen molar-refractivity contribution < 1.29 is 24.0 Å². The van der Waals surface area contributed by atoms with Crippen LogP contribution in [0.3, 0.4) is 0 Å². The van der Waals surface area contributed by atoms with E-state index in [0.29, 0.717) is 27.9 Å². The SMILES string of the molecule is Cc1onc(-c2c(Cl)cccc2Cl)c1C(=O)N1CCOC(CC(=O)O)C1. The number of aryl methyl sites for hydroxylation is 1. The molecule has 1 atom stereocenters. The molecule has 2 aromatic rings. The summed E-state index contributed by atoms with van der Waals surface area (Å²) in [5, 5.41) is 13.6. The van der Waals surface area contributed by atoms with E-state index in [1.54, 1.807) is 25.1 Å². The van der Waals surface area contributed by atoms with Crippen molar-refractivity contribution in [2.75, 3.05) is 19.7 Å². The summed E-state index contributed by atoms with van der Waals surface area (Å²) < 4.78 is 10.6. The Kier molecular flexibility index (Phi) is 5.50. The highest BCUT2D eigenvalue weighted by Crippen LogP contribution is 2.37. The van der Waals surface area contributed by atoms with E-state index < -0.39 is 12.1 Å². The number of nitrogens with zero attached hydrogens (tertiary/aromatic N) is 2. The maximum atomic E-state index is 13.1. The average molecular weight is 399 g/mol.